The number of anilines is 2. The number of urea groups is 1. The zero-order valence-corrected chi connectivity index (χ0v) is 17.1. The van der Waals surface area contributed by atoms with Crippen molar-refractivity contribution in [3.63, 3.8) is 0 Å². The molecule has 0 aliphatic carbocycles. The molecule has 0 N–H and O–H groups in total. The number of halogens is 1. The van der Waals surface area contributed by atoms with Gasteiger partial charge in [0, 0.05) is 37.2 Å². The molecule has 0 bridgehead atoms. The molecule has 2 aromatic rings. The summed E-state index contributed by atoms with van der Waals surface area (Å²) < 4.78 is 1.00. The second-order valence-electron chi connectivity index (χ2n) is 7.42. The van der Waals surface area contributed by atoms with E-state index < -0.39 is 5.54 Å². The van der Waals surface area contributed by atoms with Gasteiger partial charge in [0.2, 0.25) is 0 Å². The van der Waals surface area contributed by atoms with E-state index in [-0.39, 0.29) is 11.9 Å². The zero-order chi connectivity index (χ0) is 19.2. The largest absolute Gasteiger partial charge is 0.378 e. The lowest BCUT2D eigenvalue weighted by molar-refractivity contribution is -0.123. The lowest BCUT2D eigenvalue weighted by Crippen LogP contribution is -2.47. The van der Waals surface area contributed by atoms with Crippen LogP contribution in [0.1, 0.15) is 18.4 Å². The average Bonchev–Trinajstić information content (AvgIpc) is 3.16. The van der Waals surface area contributed by atoms with Gasteiger partial charge in [0.15, 0.2) is 0 Å². The van der Waals surface area contributed by atoms with E-state index in [4.69, 9.17) is 0 Å². The summed E-state index contributed by atoms with van der Waals surface area (Å²) in [5, 5.41) is 0. The molecule has 5 nitrogen and oxygen atoms in total. The average molecular weight is 428 g/mol. The number of fused-ring (bicyclic) bond motifs is 1. The van der Waals surface area contributed by atoms with Crippen LogP contribution in [-0.4, -0.2) is 43.0 Å². The number of hydrogen-bond acceptors (Lipinski definition) is 3. The van der Waals surface area contributed by atoms with Gasteiger partial charge in [0.05, 0.1) is 5.69 Å². The molecule has 2 aliphatic heterocycles. The van der Waals surface area contributed by atoms with E-state index in [9.17, 15) is 9.59 Å². The summed E-state index contributed by atoms with van der Waals surface area (Å²) in [6.45, 7) is 0.632. The molecular weight excluding hydrogens is 406 g/mol. The molecule has 0 aromatic heterocycles. The van der Waals surface area contributed by atoms with E-state index in [0.29, 0.717) is 25.1 Å². The lowest BCUT2D eigenvalue weighted by atomic mass is 9.88. The lowest BCUT2D eigenvalue weighted by Gasteiger charge is -2.28. The van der Waals surface area contributed by atoms with Crippen molar-refractivity contribution in [2.75, 3.05) is 30.4 Å². The van der Waals surface area contributed by atoms with Gasteiger partial charge in [-0.25, -0.2) is 9.69 Å². The molecule has 2 aromatic carbocycles. The van der Waals surface area contributed by atoms with E-state index in [0.717, 1.165) is 22.1 Å². The number of amides is 3. The van der Waals surface area contributed by atoms with Crippen molar-refractivity contribution in [1.29, 1.82) is 0 Å². The first-order valence-electron chi connectivity index (χ1n) is 9.10. The summed E-state index contributed by atoms with van der Waals surface area (Å²) in [6.07, 6.45) is 2.12. The van der Waals surface area contributed by atoms with Gasteiger partial charge in [0.1, 0.15) is 5.54 Å². The number of nitrogens with zero attached hydrogens (tertiary/aromatic N) is 3. The first-order chi connectivity index (χ1) is 12.9. The Hall–Kier alpha value is -2.34. The first kappa shape index (κ1) is 18.0. The maximum absolute atomic E-state index is 13.5. The highest BCUT2D eigenvalue weighted by Gasteiger charge is 2.59. The van der Waals surface area contributed by atoms with Crippen molar-refractivity contribution in [3.8, 4) is 0 Å². The predicted molar refractivity (Wildman–Crippen MR) is 110 cm³/mol. The fraction of sp³-hybridized carbons (Fsp3) is 0.333. The minimum Gasteiger partial charge on any atom is -0.378 e. The van der Waals surface area contributed by atoms with Crippen molar-refractivity contribution in [1.82, 2.24) is 4.90 Å². The maximum Gasteiger partial charge on any atom is 0.332 e. The van der Waals surface area contributed by atoms with E-state index >= 15 is 0 Å². The Morgan fingerprint density at radius 2 is 1.70 bits per heavy atom. The van der Waals surface area contributed by atoms with Crippen molar-refractivity contribution in [2.24, 2.45) is 0 Å². The molecule has 27 heavy (non-hydrogen) atoms. The molecule has 1 unspecified atom stereocenters. The fourth-order valence-electron chi connectivity index (χ4n) is 4.12. The van der Waals surface area contributed by atoms with Crippen LogP contribution < -0.4 is 9.80 Å². The van der Waals surface area contributed by atoms with Crippen molar-refractivity contribution >= 4 is 39.2 Å². The number of imide groups is 1. The number of benzene rings is 2. The number of rotatable bonds is 4. The van der Waals surface area contributed by atoms with Gasteiger partial charge >= 0.3 is 6.03 Å². The fourth-order valence-corrected chi connectivity index (χ4v) is 4.39. The SMILES string of the molecule is CN(C)c1ccc(N2C(=O)N3CCCC3(Cc3ccc(Br)cc3)C2=O)cc1. The minimum atomic E-state index is -0.759. The van der Waals surface area contributed by atoms with Gasteiger partial charge in [-0.05, 0) is 54.8 Å². The normalized spacial score (nSPS) is 21.7. The standard InChI is InChI=1S/C21H22BrN3O2/c1-23(2)17-8-10-18(11-9-17)25-19(26)21(12-3-13-24(21)20(25)27)14-15-4-6-16(22)7-5-15/h4-11H,3,12-14H2,1-2H3. The molecular formula is C21H22BrN3O2. The molecule has 6 heteroatoms. The molecule has 2 aliphatic rings. The van der Waals surface area contributed by atoms with Gasteiger partial charge in [-0.1, -0.05) is 28.1 Å². The molecule has 0 spiro atoms. The monoisotopic (exact) mass is 427 g/mol. The number of carbonyl (C=O) groups excluding carboxylic acids is 2. The third-order valence-electron chi connectivity index (χ3n) is 5.55. The Morgan fingerprint density at radius 3 is 2.33 bits per heavy atom. The van der Waals surface area contributed by atoms with Crippen LogP contribution in [-0.2, 0) is 11.2 Å². The van der Waals surface area contributed by atoms with Crippen LogP contribution in [0.3, 0.4) is 0 Å². The number of carbonyl (C=O) groups is 2. The smallest absolute Gasteiger partial charge is 0.332 e. The van der Waals surface area contributed by atoms with Crippen LogP contribution >= 0.6 is 15.9 Å². The second-order valence-corrected chi connectivity index (χ2v) is 8.34. The maximum atomic E-state index is 13.5. The Bertz CT molecular complexity index is 879. The van der Waals surface area contributed by atoms with Gasteiger partial charge in [-0.3, -0.25) is 4.79 Å². The van der Waals surface area contributed by atoms with Gasteiger partial charge < -0.3 is 9.80 Å². The van der Waals surface area contributed by atoms with Gasteiger partial charge in [-0.2, -0.15) is 0 Å². The zero-order valence-electron chi connectivity index (χ0n) is 15.5. The van der Waals surface area contributed by atoms with Crippen LogP contribution in [0.5, 0.6) is 0 Å². The van der Waals surface area contributed by atoms with Crippen molar-refractivity contribution in [3.05, 3.63) is 58.6 Å². The summed E-state index contributed by atoms with van der Waals surface area (Å²) >= 11 is 3.45. The predicted octanol–water partition coefficient (Wildman–Crippen LogP) is 4.06. The Morgan fingerprint density at radius 1 is 1.04 bits per heavy atom. The van der Waals surface area contributed by atoms with E-state index in [1.807, 2.05) is 67.5 Å². The Balaban J connectivity index is 1.67. The van der Waals surface area contributed by atoms with Crippen LogP contribution in [0.4, 0.5) is 16.2 Å². The number of hydrogen-bond donors (Lipinski definition) is 0. The molecule has 3 amide bonds. The third-order valence-corrected chi connectivity index (χ3v) is 6.07. The van der Waals surface area contributed by atoms with Crippen LogP contribution in [0.15, 0.2) is 53.0 Å². The quantitative estimate of drug-likeness (QED) is 0.690. The topological polar surface area (TPSA) is 43.9 Å². The Kier molecular flexibility index (Phi) is 4.46. The van der Waals surface area contributed by atoms with Crippen LogP contribution in [0, 0.1) is 0 Å². The van der Waals surface area contributed by atoms with E-state index in [1.165, 1.54) is 4.90 Å². The highest BCUT2D eigenvalue weighted by molar-refractivity contribution is 9.10. The minimum absolute atomic E-state index is 0.106. The molecule has 0 radical (unpaired) electrons. The van der Waals surface area contributed by atoms with Crippen molar-refractivity contribution < 1.29 is 9.59 Å². The Labute approximate surface area is 167 Å². The highest BCUT2D eigenvalue weighted by atomic mass is 79.9. The molecule has 2 saturated heterocycles. The summed E-state index contributed by atoms with van der Waals surface area (Å²) in [6, 6.07) is 15.3. The van der Waals surface area contributed by atoms with Gasteiger partial charge in [0.25, 0.3) is 5.91 Å². The van der Waals surface area contributed by atoms with Crippen LogP contribution in [0.25, 0.3) is 0 Å². The molecule has 140 valence electrons. The van der Waals surface area contributed by atoms with E-state index in [2.05, 4.69) is 15.9 Å². The third kappa shape index (κ3) is 2.92. The summed E-state index contributed by atoms with van der Waals surface area (Å²) in [5.41, 5.74) is 1.98. The molecule has 4 rings (SSSR count). The van der Waals surface area contributed by atoms with Crippen LogP contribution in [0.2, 0.25) is 0 Å². The summed E-state index contributed by atoms with van der Waals surface area (Å²) in [4.78, 5) is 31.7. The summed E-state index contributed by atoms with van der Waals surface area (Å²) in [5.74, 6) is -0.106. The van der Waals surface area contributed by atoms with E-state index in [1.54, 1.807) is 4.90 Å². The van der Waals surface area contributed by atoms with Gasteiger partial charge in [-0.15, -0.1) is 0 Å². The molecule has 0 saturated carbocycles. The molecule has 1 atom stereocenters. The van der Waals surface area contributed by atoms with Crippen molar-refractivity contribution in [2.45, 2.75) is 24.8 Å². The summed E-state index contributed by atoms with van der Waals surface area (Å²) in [7, 11) is 3.93. The second kappa shape index (κ2) is 6.68. The molecule has 2 fully saturated rings. The highest BCUT2D eigenvalue weighted by Crippen LogP contribution is 2.42. The first-order valence-corrected chi connectivity index (χ1v) is 9.90. The molecule has 2 heterocycles.